The fourth-order valence-corrected chi connectivity index (χ4v) is 4.15. The molecule has 3 N–H and O–H groups in total. The molecule has 0 aromatic heterocycles. The maximum atomic E-state index is 14.1. The number of anilines is 3. The zero-order valence-corrected chi connectivity index (χ0v) is 19.9. The normalized spacial score (nSPS) is 10.6. The van der Waals surface area contributed by atoms with E-state index >= 15 is 0 Å². The average molecular weight is 498 g/mol. The van der Waals surface area contributed by atoms with Gasteiger partial charge in [-0.1, -0.05) is 18.2 Å². The average Bonchev–Trinajstić information content (AvgIpc) is 2.88. The van der Waals surface area contributed by atoms with Gasteiger partial charge >= 0.3 is 17.9 Å². The van der Waals surface area contributed by atoms with Crippen molar-refractivity contribution < 1.29 is 34.5 Å². The number of hydrogen-bond donors (Lipinski definition) is 3. The lowest BCUT2D eigenvalue weighted by Gasteiger charge is -2.25. The molecule has 0 unspecified atom stereocenters. The Balaban J connectivity index is 1.97. The largest absolute Gasteiger partial charge is 0.478 e. The number of amides is 1. The number of carboxylic acids is 3. The lowest BCUT2D eigenvalue weighted by Crippen LogP contribution is -2.27. The lowest BCUT2D eigenvalue weighted by molar-refractivity contribution is 0.0686. The molecule has 0 spiro atoms. The molecule has 0 bridgehead atoms. The number of hydrogen-bond acceptors (Lipinski definition) is 5. The van der Waals surface area contributed by atoms with Crippen LogP contribution in [-0.4, -0.2) is 53.2 Å². The Morgan fingerprint density at radius 3 is 1.57 bits per heavy atom. The fraction of sp³-hybridized carbons (Fsp3) is 0.0714. The van der Waals surface area contributed by atoms with E-state index in [4.69, 9.17) is 0 Å². The van der Waals surface area contributed by atoms with Gasteiger partial charge in [-0.15, -0.1) is 0 Å². The first-order valence-electron chi connectivity index (χ1n) is 11.1. The van der Waals surface area contributed by atoms with Gasteiger partial charge in [0.25, 0.3) is 5.91 Å². The number of benzene rings is 4. The van der Waals surface area contributed by atoms with Crippen molar-refractivity contribution in [2.24, 2.45) is 0 Å². The minimum absolute atomic E-state index is 0.0197. The van der Waals surface area contributed by atoms with Gasteiger partial charge in [0.2, 0.25) is 0 Å². The van der Waals surface area contributed by atoms with Crippen molar-refractivity contribution in [1.82, 2.24) is 0 Å². The summed E-state index contributed by atoms with van der Waals surface area (Å²) in [5.41, 5.74) is 1.17. The predicted octanol–water partition coefficient (Wildman–Crippen LogP) is 4.98. The molecule has 0 saturated heterocycles. The van der Waals surface area contributed by atoms with E-state index in [1.807, 2.05) is 0 Å². The van der Waals surface area contributed by atoms with Crippen molar-refractivity contribution in [2.75, 3.05) is 23.9 Å². The number of fused-ring (bicyclic) bond motifs is 1. The quantitative estimate of drug-likeness (QED) is 0.325. The van der Waals surface area contributed by atoms with Crippen molar-refractivity contribution in [1.29, 1.82) is 0 Å². The molecule has 0 aliphatic carbocycles. The number of carbonyl (C=O) groups excluding carboxylic acids is 1. The highest BCUT2D eigenvalue weighted by Crippen LogP contribution is 2.34. The highest BCUT2D eigenvalue weighted by Gasteiger charge is 2.26. The summed E-state index contributed by atoms with van der Waals surface area (Å²) in [6, 6.07) is 19.5. The van der Waals surface area contributed by atoms with E-state index in [-0.39, 0.29) is 27.6 Å². The molecule has 9 heteroatoms. The fourth-order valence-electron chi connectivity index (χ4n) is 4.15. The van der Waals surface area contributed by atoms with Gasteiger partial charge in [0.1, 0.15) is 0 Å². The van der Waals surface area contributed by atoms with E-state index in [2.05, 4.69) is 0 Å². The molecule has 0 saturated carbocycles. The first-order chi connectivity index (χ1) is 17.6. The maximum absolute atomic E-state index is 14.1. The first-order valence-corrected chi connectivity index (χ1v) is 11.1. The van der Waals surface area contributed by atoms with E-state index in [9.17, 15) is 34.5 Å². The second kappa shape index (κ2) is 9.82. The molecule has 0 aliphatic heterocycles. The van der Waals surface area contributed by atoms with Crippen molar-refractivity contribution in [2.45, 2.75) is 0 Å². The maximum Gasteiger partial charge on any atom is 0.338 e. The Hall–Kier alpha value is -5.18. The highest BCUT2D eigenvalue weighted by atomic mass is 16.4. The molecule has 1 amide bonds. The summed E-state index contributed by atoms with van der Waals surface area (Å²) >= 11 is 0. The highest BCUT2D eigenvalue weighted by molar-refractivity contribution is 6.22. The molecule has 186 valence electrons. The van der Waals surface area contributed by atoms with Crippen molar-refractivity contribution in [3.8, 4) is 0 Å². The second-order valence-electron chi connectivity index (χ2n) is 8.41. The summed E-state index contributed by atoms with van der Waals surface area (Å²) in [6.07, 6.45) is 0. The van der Waals surface area contributed by atoms with Gasteiger partial charge in [-0.25, -0.2) is 14.4 Å². The molecule has 0 heterocycles. The third-order valence-corrected chi connectivity index (χ3v) is 5.90. The van der Waals surface area contributed by atoms with E-state index in [0.29, 0.717) is 22.4 Å². The van der Waals surface area contributed by atoms with Crippen LogP contribution < -0.4 is 9.80 Å². The monoisotopic (exact) mass is 498 g/mol. The Morgan fingerprint density at radius 1 is 0.622 bits per heavy atom. The van der Waals surface area contributed by atoms with Crippen LogP contribution in [0, 0.1) is 0 Å². The Bertz CT molecular complexity index is 1480. The van der Waals surface area contributed by atoms with Gasteiger partial charge in [0, 0.05) is 36.4 Å². The molecular formula is C28H22N2O7. The van der Waals surface area contributed by atoms with E-state index < -0.39 is 23.8 Å². The third-order valence-electron chi connectivity index (χ3n) is 5.90. The summed E-state index contributed by atoms with van der Waals surface area (Å²) in [6.45, 7) is 0. The summed E-state index contributed by atoms with van der Waals surface area (Å²) < 4.78 is 0. The van der Waals surface area contributed by atoms with Crippen LogP contribution in [0.2, 0.25) is 0 Å². The van der Waals surface area contributed by atoms with Crippen LogP contribution in [0.1, 0.15) is 41.4 Å². The Kier molecular flexibility index (Phi) is 6.62. The number of carboxylic acid groups (broad SMARTS) is 3. The van der Waals surface area contributed by atoms with Crippen LogP contribution >= 0.6 is 0 Å². The third kappa shape index (κ3) is 4.70. The van der Waals surface area contributed by atoms with Crippen molar-refractivity contribution >= 4 is 51.6 Å². The second-order valence-corrected chi connectivity index (χ2v) is 8.41. The number of aromatic carboxylic acids is 3. The molecule has 4 rings (SSSR count). The summed E-state index contributed by atoms with van der Waals surface area (Å²) in [5, 5.41) is 29.5. The van der Waals surface area contributed by atoms with Crippen LogP contribution in [0.3, 0.4) is 0 Å². The van der Waals surface area contributed by atoms with Gasteiger partial charge in [-0.3, -0.25) is 9.69 Å². The molecule has 4 aromatic carbocycles. The number of rotatable bonds is 7. The number of carbonyl (C=O) groups is 4. The molecule has 4 aromatic rings. The molecule has 0 atom stereocenters. The SMILES string of the molecule is CN(C)c1ccc2cccc(C(=O)N(c3ccc(C(=O)O)cc3)c3ccc(C(=O)O)cc3)c2c1C(=O)O. The zero-order chi connectivity index (χ0) is 26.9. The van der Waals surface area contributed by atoms with Crippen LogP contribution in [0.4, 0.5) is 17.1 Å². The molecule has 0 fully saturated rings. The Morgan fingerprint density at radius 2 is 1.14 bits per heavy atom. The number of nitrogens with zero attached hydrogens (tertiary/aromatic N) is 2. The molecule has 9 nitrogen and oxygen atoms in total. The minimum Gasteiger partial charge on any atom is -0.478 e. The van der Waals surface area contributed by atoms with Gasteiger partial charge in [0.15, 0.2) is 0 Å². The standard InChI is InChI=1S/C28H22N2O7/c1-29(2)22-15-10-16-4-3-5-21(23(16)24(22)28(36)37)25(31)30(19-11-6-17(7-12-19)26(32)33)20-13-8-18(9-14-20)27(34)35/h3-15H,1-2H3,(H,32,33)(H,34,35)(H,36,37). The molecular weight excluding hydrogens is 476 g/mol. The van der Waals surface area contributed by atoms with Gasteiger partial charge < -0.3 is 20.2 Å². The first kappa shape index (κ1) is 24.9. The van der Waals surface area contributed by atoms with Crippen LogP contribution in [0.5, 0.6) is 0 Å². The lowest BCUT2D eigenvalue weighted by atomic mass is 9.96. The smallest absolute Gasteiger partial charge is 0.338 e. The summed E-state index contributed by atoms with van der Waals surface area (Å²) in [7, 11) is 3.41. The molecule has 0 radical (unpaired) electrons. The van der Waals surface area contributed by atoms with Crippen molar-refractivity contribution in [3.05, 3.63) is 101 Å². The van der Waals surface area contributed by atoms with E-state index in [0.717, 1.165) is 0 Å². The molecule has 0 aliphatic rings. The van der Waals surface area contributed by atoms with Gasteiger partial charge in [0.05, 0.1) is 22.4 Å². The van der Waals surface area contributed by atoms with Crippen LogP contribution in [0.25, 0.3) is 10.8 Å². The minimum atomic E-state index is -1.20. The van der Waals surface area contributed by atoms with Crippen LogP contribution in [0.15, 0.2) is 78.9 Å². The van der Waals surface area contributed by atoms with E-state index in [1.165, 1.54) is 59.5 Å². The summed E-state index contributed by atoms with van der Waals surface area (Å²) in [4.78, 5) is 52.1. The predicted molar refractivity (Wildman–Crippen MR) is 139 cm³/mol. The van der Waals surface area contributed by atoms with Crippen LogP contribution in [-0.2, 0) is 0 Å². The topological polar surface area (TPSA) is 135 Å². The molecule has 37 heavy (non-hydrogen) atoms. The van der Waals surface area contributed by atoms with Crippen molar-refractivity contribution in [3.63, 3.8) is 0 Å². The van der Waals surface area contributed by atoms with Gasteiger partial charge in [-0.05, 0) is 66.0 Å². The Labute approximate surface area is 211 Å². The summed E-state index contributed by atoms with van der Waals surface area (Å²) in [5.74, 6) is -4.04. The van der Waals surface area contributed by atoms with Gasteiger partial charge in [-0.2, -0.15) is 0 Å². The van der Waals surface area contributed by atoms with E-state index in [1.54, 1.807) is 43.3 Å². The zero-order valence-electron chi connectivity index (χ0n) is 19.9.